The molecular weight excluding hydrogens is 136 g/mol. The summed E-state index contributed by atoms with van der Waals surface area (Å²) in [6.45, 7) is 5.00. The van der Waals surface area contributed by atoms with Gasteiger partial charge in [0.05, 0.1) is 6.61 Å². The van der Waals surface area contributed by atoms with Crippen LogP contribution < -0.4 is 0 Å². The van der Waals surface area contributed by atoms with Gasteiger partial charge in [0.25, 0.3) is 0 Å². The van der Waals surface area contributed by atoms with Crippen molar-refractivity contribution in [2.45, 2.75) is 26.7 Å². The number of hydrogen-bond acceptors (Lipinski definition) is 1. The van der Waals surface area contributed by atoms with Gasteiger partial charge in [-0.05, 0) is 37.8 Å². The lowest BCUT2D eigenvalue weighted by Crippen LogP contribution is -2.00. The Bertz CT molecular complexity index is 168. The second kappa shape index (κ2) is 4.22. The summed E-state index contributed by atoms with van der Waals surface area (Å²) in [6, 6.07) is 0. The fourth-order valence-corrected chi connectivity index (χ4v) is 1.22. The Balaban J connectivity index is 2.39. The van der Waals surface area contributed by atoms with Gasteiger partial charge in [0, 0.05) is 0 Å². The molecule has 0 spiro atoms. The lowest BCUT2D eigenvalue weighted by atomic mass is 9.98. The van der Waals surface area contributed by atoms with Crippen LogP contribution in [0.3, 0.4) is 0 Å². The Labute approximate surface area is 68.8 Å². The van der Waals surface area contributed by atoms with Gasteiger partial charge in [-0.25, -0.2) is 0 Å². The lowest BCUT2D eigenvalue weighted by molar-refractivity contribution is 0.238. The van der Waals surface area contributed by atoms with Gasteiger partial charge in [-0.1, -0.05) is 13.0 Å². The van der Waals surface area contributed by atoms with Gasteiger partial charge in [-0.15, -0.1) is 0 Å². The van der Waals surface area contributed by atoms with Crippen LogP contribution in [-0.2, 0) is 4.74 Å². The maximum absolute atomic E-state index is 5.35. The van der Waals surface area contributed by atoms with Crippen molar-refractivity contribution in [2.24, 2.45) is 5.92 Å². The van der Waals surface area contributed by atoms with Gasteiger partial charge in [-0.3, -0.25) is 0 Å². The minimum absolute atomic E-state index is 0.735. The van der Waals surface area contributed by atoms with Crippen LogP contribution in [-0.4, -0.2) is 6.61 Å². The van der Waals surface area contributed by atoms with Crippen molar-refractivity contribution in [3.63, 3.8) is 0 Å². The largest absolute Gasteiger partial charge is 0.494 e. The second-order valence-electron chi connectivity index (χ2n) is 2.80. The molecule has 0 aliphatic heterocycles. The van der Waals surface area contributed by atoms with E-state index >= 15 is 0 Å². The molecule has 11 heavy (non-hydrogen) atoms. The van der Waals surface area contributed by atoms with Crippen LogP contribution in [0.25, 0.3) is 0 Å². The van der Waals surface area contributed by atoms with E-state index in [-0.39, 0.29) is 0 Å². The zero-order valence-corrected chi connectivity index (χ0v) is 7.34. The predicted octanol–water partition coefficient (Wildman–Crippen LogP) is 2.89. The lowest BCUT2D eigenvalue weighted by Gasteiger charge is -2.13. The summed E-state index contributed by atoms with van der Waals surface area (Å²) in [5.74, 6) is 1.77. The van der Waals surface area contributed by atoms with Crippen molar-refractivity contribution in [3.8, 4) is 0 Å². The van der Waals surface area contributed by atoms with Crippen molar-refractivity contribution >= 4 is 0 Å². The quantitative estimate of drug-likeness (QED) is 0.604. The molecule has 0 saturated heterocycles. The van der Waals surface area contributed by atoms with Gasteiger partial charge in [0.2, 0.25) is 0 Å². The first-order chi connectivity index (χ1) is 5.36. The summed E-state index contributed by atoms with van der Waals surface area (Å²) in [7, 11) is 0. The Kier molecular flexibility index (Phi) is 3.21. The van der Waals surface area contributed by atoms with Crippen LogP contribution in [0.1, 0.15) is 26.7 Å². The SMILES string of the molecule is CCOC1=CCC(CC)C=C1. The summed E-state index contributed by atoms with van der Waals surface area (Å²) in [6.07, 6.45) is 8.87. The predicted molar refractivity (Wildman–Crippen MR) is 47.2 cm³/mol. The van der Waals surface area contributed by atoms with E-state index in [1.165, 1.54) is 6.42 Å². The molecule has 62 valence electrons. The maximum Gasteiger partial charge on any atom is 0.115 e. The molecule has 1 rings (SSSR count). The average molecular weight is 152 g/mol. The first-order valence-corrected chi connectivity index (χ1v) is 4.38. The third-order valence-electron chi connectivity index (χ3n) is 1.99. The molecule has 1 nitrogen and oxygen atoms in total. The molecule has 1 aliphatic carbocycles. The number of hydrogen-bond donors (Lipinski definition) is 0. The van der Waals surface area contributed by atoms with Crippen LogP contribution in [0.4, 0.5) is 0 Å². The fraction of sp³-hybridized carbons (Fsp3) is 0.600. The van der Waals surface area contributed by atoms with Crippen LogP contribution in [0.15, 0.2) is 24.0 Å². The van der Waals surface area contributed by atoms with Crippen LogP contribution in [0.5, 0.6) is 0 Å². The minimum Gasteiger partial charge on any atom is -0.494 e. The number of allylic oxidation sites excluding steroid dienone is 3. The summed E-state index contributed by atoms with van der Waals surface area (Å²) < 4.78 is 5.35. The normalized spacial score (nSPS) is 23.1. The molecule has 1 aliphatic rings. The molecule has 1 heteroatoms. The second-order valence-corrected chi connectivity index (χ2v) is 2.80. The monoisotopic (exact) mass is 152 g/mol. The van der Waals surface area contributed by atoms with E-state index in [2.05, 4.69) is 25.2 Å². The summed E-state index contributed by atoms with van der Waals surface area (Å²) in [5, 5.41) is 0. The summed E-state index contributed by atoms with van der Waals surface area (Å²) in [5.41, 5.74) is 0. The molecule has 0 amide bonds. The number of ether oxygens (including phenoxy) is 1. The van der Waals surface area contributed by atoms with E-state index in [0.29, 0.717) is 0 Å². The van der Waals surface area contributed by atoms with E-state index in [1.54, 1.807) is 0 Å². The summed E-state index contributed by atoms with van der Waals surface area (Å²) in [4.78, 5) is 0. The highest BCUT2D eigenvalue weighted by atomic mass is 16.5. The number of rotatable bonds is 3. The highest BCUT2D eigenvalue weighted by Gasteiger charge is 2.05. The minimum atomic E-state index is 0.735. The Morgan fingerprint density at radius 2 is 2.36 bits per heavy atom. The van der Waals surface area contributed by atoms with E-state index in [9.17, 15) is 0 Å². The van der Waals surface area contributed by atoms with Gasteiger partial charge in [0.15, 0.2) is 0 Å². The third-order valence-corrected chi connectivity index (χ3v) is 1.99. The van der Waals surface area contributed by atoms with Gasteiger partial charge >= 0.3 is 0 Å². The smallest absolute Gasteiger partial charge is 0.115 e. The van der Waals surface area contributed by atoms with Crippen LogP contribution in [0, 0.1) is 5.92 Å². The zero-order valence-electron chi connectivity index (χ0n) is 7.34. The highest BCUT2D eigenvalue weighted by molar-refractivity contribution is 5.17. The van der Waals surface area contributed by atoms with Gasteiger partial charge in [0.1, 0.15) is 5.76 Å². The molecule has 0 aromatic carbocycles. The molecule has 0 aromatic rings. The van der Waals surface area contributed by atoms with E-state index in [4.69, 9.17) is 4.74 Å². The van der Waals surface area contributed by atoms with Crippen LogP contribution >= 0.6 is 0 Å². The van der Waals surface area contributed by atoms with Gasteiger partial charge in [-0.2, -0.15) is 0 Å². The molecule has 1 atom stereocenters. The first-order valence-electron chi connectivity index (χ1n) is 4.38. The molecule has 0 aromatic heterocycles. The molecule has 0 saturated carbocycles. The van der Waals surface area contributed by atoms with E-state index < -0.39 is 0 Å². The maximum atomic E-state index is 5.35. The fourth-order valence-electron chi connectivity index (χ4n) is 1.22. The molecule has 0 N–H and O–H groups in total. The molecule has 1 unspecified atom stereocenters. The van der Waals surface area contributed by atoms with Crippen molar-refractivity contribution in [1.82, 2.24) is 0 Å². The zero-order chi connectivity index (χ0) is 8.10. The Morgan fingerprint density at radius 1 is 1.55 bits per heavy atom. The third kappa shape index (κ3) is 2.41. The summed E-state index contributed by atoms with van der Waals surface area (Å²) >= 11 is 0. The average Bonchev–Trinajstić information content (AvgIpc) is 2.07. The molecule has 0 fully saturated rings. The van der Waals surface area contributed by atoms with Crippen molar-refractivity contribution in [2.75, 3.05) is 6.61 Å². The van der Waals surface area contributed by atoms with Gasteiger partial charge < -0.3 is 4.74 Å². The van der Waals surface area contributed by atoms with Crippen molar-refractivity contribution < 1.29 is 4.74 Å². The molecule has 0 radical (unpaired) electrons. The van der Waals surface area contributed by atoms with Crippen molar-refractivity contribution in [3.05, 3.63) is 24.0 Å². The molecule has 0 heterocycles. The van der Waals surface area contributed by atoms with E-state index in [0.717, 1.165) is 24.7 Å². The standard InChI is InChI=1S/C10H16O/c1-3-9-5-7-10(8-6-9)11-4-2/h5,7-9H,3-4,6H2,1-2H3. The highest BCUT2D eigenvalue weighted by Crippen LogP contribution is 2.19. The molecular formula is C10H16O. The Morgan fingerprint density at radius 3 is 2.82 bits per heavy atom. The van der Waals surface area contributed by atoms with Crippen molar-refractivity contribution in [1.29, 1.82) is 0 Å². The molecule has 0 bridgehead atoms. The topological polar surface area (TPSA) is 9.23 Å². The first kappa shape index (κ1) is 8.38. The Hall–Kier alpha value is -0.720. The van der Waals surface area contributed by atoms with E-state index in [1.807, 2.05) is 6.92 Å². The van der Waals surface area contributed by atoms with Crippen LogP contribution in [0.2, 0.25) is 0 Å².